The summed E-state index contributed by atoms with van der Waals surface area (Å²) in [4.78, 5) is 27.0. The van der Waals surface area contributed by atoms with Crippen molar-refractivity contribution in [1.82, 2.24) is 19.9 Å². The maximum Gasteiger partial charge on any atom is 0.274 e. The maximum absolute atomic E-state index is 12.9. The van der Waals surface area contributed by atoms with Crippen molar-refractivity contribution in [3.05, 3.63) is 71.8 Å². The van der Waals surface area contributed by atoms with Crippen LogP contribution in [0.4, 0.5) is 5.82 Å². The van der Waals surface area contributed by atoms with E-state index in [1.54, 1.807) is 41.6 Å². The largest absolute Gasteiger partial charge is 0.470 e. The Bertz CT molecular complexity index is 1210. The van der Waals surface area contributed by atoms with E-state index in [1.807, 2.05) is 6.92 Å². The van der Waals surface area contributed by atoms with Crippen LogP contribution in [0.15, 0.2) is 59.9 Å². The van der Waals surface area contributed by atoms with Gasteiger partial charge in [0.2, 0.25) is 5.82 Å². The maximum atomic E-state index is 12.9. The van der Waals surface area contributed by atoms with Crippen molar-refractivity contribution in [2.75, 3.05) is 31.0 Å². The molecule has 0 spiro atoms. The molecule has 10 nitrogen and oxygen atoms in total. The Morgan fingerprint density at radius 2 is 1.91 bits per heavy atom. The number of carbonyl (C=O) groups is 1. The van der Waals surface area contributed by atoms with E-state index < -0.39 is 10.0 Å². The molecular weight excluding hydrogens is 446 g/mol. The summed E-state index contributed by atoms with van der Waals surface area (Å²) in [5.74, 6) is -0.545. The lowest BCUT2D eigenvalue weighted by Crippen LogP contribution is -2.41. The normalized spacial score (nSPS) is 14.0. The number of rotatable bonds is 7. The van der Waals surface area contributed by atoms with Crippen molar-refractivity contribution in [3.8, 4) is 5.88 Å². The second kappa shape index (κ2) is 9.92. The van der Waals surface area contributed by atoms with Gasteiger partial charge in [-0.3, -0.25) is 14.5 Å². The predicted octanol–water partition coefficient (Wildman–Crippen LogP) is 2.03. The van der Waals surface area contributed by atoms with E-state index in [9.17, 15) is 13.2 Å². The topological polar surface area (TPSA) is 124 Å². The molecule has 4 rings (SSSR count). The Morgan fingerprint density at radius 3 is 2.61 bits per heavy atom. The molecule has 0 bridgehead atoms. The molecule has 1 N–H and O–H groups in total. The molecule has 1 aliphatic heterocycles. The molecule has 11 heteroatoms. The summed E-state index contributed by atoms with van der Waals surface area (Å²) in [7, 11) is -3.95. The van der Waals surface area contributed by atoms with Gasteiger partial charge in [0.25, 0.3) is 21.8 Å². The average Bonchev–Trinajstić information content (AvgIpc) is 2.84. The molecule has 1 aromatic carbocycles. The molecule has 0 saturated carbocycles. The molecular formula is C22H23N5O5S. The van der Waals surface area contributed by atoms with Crippen molar-refractivity contribution >= 4 is 21.7 Å². The highest BCUT2D eigenvalue weighted by molar-refractivity contribution is 7.92. The van der Waals surface area contributed by atoms with Crippen LogP contribution in [-0.2, 0) is 21.4 Å². The van der Waals surface area contributed by atoms with Crippen LogP contribution in [0, 0.1) is 6.92 Å². The third-order valence-corrected chi connectivity index (χ3v) is 6.27. The van der Waals surface area contributed by atoms with Crippen LogP contribution in [0.5, 0.6) is 5.88 Å². The minimum atomic E-state index is -3.95. The Labute approximate surface area is 191 Å². The molecule has 1 aliphatic rings. The first-order chi connectivity index (χ1) is 15.9. The van der Waals surface area contributed by atoms with Crippen LogP contribution in [0.25, 0.3) is 0 Å². The molecule has 33 heavy (non-hydrogen) atoms. The van der Waals surface area contributed by atoms with Gasteiger partial charge >= 0.3 is 0 Å². The number of hydrogen-bond donors (Lipinski definition) is 1. The van der Waals surface area contributed by atoms with E-state index in [0.29, 0.717) is 26.3 Å². The summed E-state index contributed by atoms with van der Waals surface area (Å²) in [6.07, 6.45) is 4.49. The Kier molecular flexibility index (Phi) is 6.80. The van der Waals surface area contributed by atoms with Crippen LogP contribution in [0.1, 0.15) is 21.6 Å². The molecule has 172 valence electrons. The van der Waals surface area contributed by atoms with Crippen molar-refractivity contribution in [3.63, 3.8) is 0 Å². The summed E-state index contributed by atoms with van der Waals surface area (Å²) >= 11 is 0. The SMILES string of the molecule is Cc1ccc(S(=O)(=O)Nc2ncc(C(=O)N3CCOCC3)nc2OCc2cccnc2)cc1. The third-order valence-electron chi connectivity index (χ3n) is 4.92. The standard InChI is InChI=1S/C22H23N5O5S/c1-16-4-6-18(7-5-16)33(29,30)26-20-21(32-15-17-3-2-8-23-13-17)25-19(14-24-20)22(28)27-9-11-31-12-10-27/h2-8,13-14H,9-12,15H2,1H3,(H,24,26). The smallest absolute Gasteiger partial charge is 0.274 e. The highest BCUT2D eigenvalue weighted by Gasteiger charge is 2.24. The van der Waals surface area contributed by atoms with Crippen molar-refractivity contribution in [1.29, 1.82) is 0 Å². The van der Waals surface area contributed by atoms with Crippen LogP contribution in [-0.4, -0.2) is 60.5 Å². The summed E-state index contributed by atoms with van der Waals surface area (Å²) in [6, 6.07) is 9.95. The van der Waals surface area contributed by atoms with Gasteiger partial charge in [-0.15, -0.1) is 0 Å². The van der Waals surface area contributed by atoms with E-state index in [0.717, 1.165) is 11.1 Å². The number of aryl methyl sites for hydroxylation is 1. The van der Waals surface area contributed by atoms with E-state index in [2.05, 4.69) is 19.7 Å². The summed E-state index contributed by atoms with van der Waals surface area (Å²) in [6.45, 7) is 3.69. The van der Waals surface area contributed by atoms with Gasteiger partial charge in [-0.2, -0.15) is 0 Å². The number of nitrogens with zero attached hydrogens (tertiary/aromatic N) is 4. The first-order valence-electron chi connectivity index (χ1n) is 10.3. The summed E-state index contributed by atoms with van der Waals surface area (Å²) in [5.41, 5.74) is 1.73. The number of hydrogen-bond acceptors (Lipinski definition) is 8. The van der Waals surface area contributed by atoms with Crippen LogP contribution in [0.2, 0.25) is 0 Å². The quantitative estimate of drug-likeness (QED) is 0.558. The summed E-state index contributed by atoms with van der Waals surface area (Å²) in [5, 5.41) is 0. The Balaban J connectivity index is 1.62. The highest BCUT2D eigenvalue weighted by Crippen LogP contribution is 2.24. The van der Waals surface area contributed by atoms with Crippen LogP contribution < -0.4 is 9.46 Å². The molecule has 0 aliphatic carbocycles. The molecule has 0 radical (unpaired) electrons. The minimum absolute atomic E-state index is 0.0522. The average molecular weight is 470 g/mol. The van der Waals surface area contributed by atoms with Crippen LogP contribution >= 0.6 is 0 Å². The number of aromatic nitrogens is 3. The molecule has 1 fully saturated rings. The van der Waals surface area contributed by atoms with Gasteiger partial charge in [-0.25, -0.2) is 18.4 Å². The van der Waals surface area contributed by atoms with Gasteiger partial charge in [0.1, 0.15) is 6.61 Å². The predicted molar refractivity (Wildman–Crippen MR) is 119 cm³/mol. The molecule has 1 amide bonds. The Hall–Kier alpha value is -3.57. The highest BCUT2D eigenvalue weighted by atomic mass is 32.2. The van der Waals surface area contributed by atoms with E-state index in [1.165, 1.54) is 18.3 Å². The van der Waals surface area contributed by atoms with Crippen molar-refractivity contribution < 1.29 is 22.7 Å². The zero-order valence-corrected chi connectivity index (χ0v) is 18.8. The summed E-state index contributed by atoms with van der Waals surface area (Å²) < 4.78 is 39.2. The Morgan fingerprint density at radius 1 is 1.15 bits per heavy atom. The number of amides is 1. The number of benzene rings is 1. The lowest BCUT2D eigenvalue weighted by atomic mass is 10.2. The second-order valence-electron chi connectivity index (χ2n) is 7.38. The molecule has 1 saturated heterocycles. The van der Waals surface area contributed by atoms with Crippen LogP contribution in [0.3, 0.4) is 0 Å². The fourth-order valence-electron chi connectivity index (χ4n) is 3.11. The number of morpholine rings is 1. The van der Waals surface area contributed by atoms with Gasteiger partial charge in [-0.1, -0.05) is 23.8 Å². The van der Waals surface area contributed by atoms with E-state index in [-0.39, 0.29) is 34.8 Å². The number of ether oxygens (including phenoxy) is 2. The number of nitrogens with one attached hydrogen (secondary N) is 1. The monoisotopic (exact) mass is 469 g/mol. The van der Waals surface area contributed by atoms with E-state index >= 15 is 0 Å². The van der Waals surface area contributed by atoms with Crippen molar-refractivity contribution in [2.45, 2.75) is 18.4 Å². The van der Waals surface area contributed by atoms with Gasteiger partial charge < -0.3 is 14.4 Å². The fraction of sp³-hybridized carbons (Fsp3) is 0.273. The zero-order chi connectivity index (χ0) is 23.3. The number of anilines is 1. The van der Waals surface area contributed by atoms with Crippen molar-refractivity contribution in [2.24, 2.45) is 0 Å². The molecule has 3 heterocycles. The number of pyridine rings is 1. The van der Waals surface area contributed by atoms with Gasteiger partial charge in [-0.05, 0) is 25.1 Å². The number of carbonyl (C=O) groups excluding carboxylic acids is 1. The van der Waals surface area contributed by atoms with Gasteiger partial charge in [0, 0.05) is 31.0 Å². The second-order valence-corrected chi connectivity index (χ2v) is 9.06. The van der Waals surface area contributed by atoms with Gasteiger partial charge in [0.05, 0.1) is 24.3 Å². The molecule has 0 atom stereocenters. The fourth-order valence-corrected chi connectivity index (χ4v) is 4.12. The molecule has 2 aromatic heterocycles. The first-order valence-corrected chi connectivity index (χ1v) is 11.8. The van der Waals surface area contributed by atoms with Gasteiger partial charge in [0.15, 0.2) is 5.69 Å². The first kappa shape index (κ1) is 22.6. The zero-order valence-electron chi connectivity index (χ0n) is 18.0. The minimum Gasteiger partial charge on any atom is -0.470 e. The molecule has 0 unspecified atom stereocenters. The molecule has 3 aromatic rings. The number of sulfonamides is 1. The van der Waals surface area contributed by atoms with E-state index in [4.69, 9.17) is 9.47 Å². The third kappa shape index (κ3) is 5.62. The lowest BCUT2D eigenvalue weighted by molar-refractivity contribution is 0.0298. The lowest BCUT2D eigenvalue weighted by Gasteiger charge is -2.26.